The number of halogens is 1. The quantitative estimate of drug-likeness (QED) is 0.683. The number of anilines is 2. The fourth-order valence-corrected chi connectivity index (χ4v) is 3.39. The Morgan fingerprint density at radius 1 is 1.24 bits per heavy atom. The van der Waals surface area contributed by atoms with Gasteiger partial charge in [-0.3, -0.25) is 4.79 Å². The van der Waals surface area contributed by atoms with Crippen LogP contribution in [0.3, 0.4) is 0 Å². The maximum absolute atomic E-state index is 13.3. The van der Waals surface area contributed by atoms with Crippen molar-refractivity contribution >= 4 is 29.8 Å². The molecular weight excluding hydrogens is 390 g/mol. The molecule has 1 fully saturated rings. The largest absolute Gasteiger partial charge is 0.339 e. The third-order valence-electron chi connectivity index (χ3n) is 4.84. The van der Waals surface area contributed by atoms with E-state index in [1.807, 2.05) is 66.0 Å². The summed E-state index contributed by atoms with van der Waals surface area (Å²) in [6, 6.07) is 11.1. The lowest BCUT2D eigenvalue weighted by atomic mass is 10.1. The smallest absolute Gasteiger partial charge is 0.254 e. The zero-order valence-corrected chi connectivity index (χ0v) is 17.2. The highest BCUT2D eigenvalue weighted by atomic mass is 35.5. The maximum atomic E-state index is 13.3. The summed E-state index contributed by atoms with van der Waals surface area (Å²) in [5, 5.41) is 14.7. The van der Waals surface area contributed by atoms with Crippen molar-refractivity contribution < 1.29 is 4.79 Å². The molecule has 1 aliphatic rings. The number of nitrogens with one attached hydrogen (secondary N) is 2. The Balaban J connectivity index is 0.00000240. The van der Waals surface area contributed by atoms with Gasteiger partial charge in [-0.2, -0.15) is 5.10 Å². The van der Waals surface area contributed by atoms with Crippen LogP contribution in [0.1, 0.15) is 27.9 Å². The number of carbonyl (C=O) groups is 1. The number of hydrogen-bond acceptors (Lipinski definition) is 6. The highest BCUT2D eigenvalue weighted by Gasteiger charge is 2.31. The van der Waals surface area contributed by atoms with Crippen molar-refractivity contribution in [3.8, 4) is 0 Å². The molecule has 0 spiro atoms. The number of aromatic nitrogens is 4. The van der Waals surface area contributed by atoms with Gasteiger partial charge in [0.15, 0.2) is 5.82 Å². The molecule has 0 saturated carbocycles. The van der Waals surface area contributed by atoms with E-state index in [1.54, 1.807) is 6.20 Å². The highest BCUT2D eigenvalue weighted by molar-refractivity contribution is 5.95. The number of hydrogen-bond donors (Lipinski definition) is 2. The first-order chi connectivity index (χ1) is 13.6. The number of aryl methyl sites for hydroxylation is 2. The van der Waals surface area contributed by atoms with Crippen molar-refractivity contribution in [3.63, 3.8) is 0 Å². The van der Waals surface area contributed by atoms with Gasteiger partial charge in [-0.25, -0.2) is 4.98 Å². The molecule has 0 aliphatic carbocycles. The predicted molar refractivity (Wildman–Crippen MR) is 114 cm³/mol. The zero-order valence-electron chi connectivity index (χ0n) is 16.4. The van der Waals surface area contributed by atoms with Crippen LogP contribution in [-0.2, 0) is 7.05 Å². The molecule has 3 aromatic rings. The van der Waals surface area contributed by atoms with Crippen LogP contribution in [0.25, 0.3) is 0 Å². The Hall–Kier alpha value is -2.97. The number of benzene rings is 1. The second kappa shape index (κ2) is 9.02. The van der Waals surface area contributed by atoms with Crippen molar-refractivity contribution in [3.05, 3.63) is 65.9 Å². The normalized spacial score (nSPS) is 16.2. The molecule has 9 heteroatoms. The number of carbonyl (C=O) groups excluding carboxylic acids is 1. The van der Waals surface area contributed by atoms with Crippen LogP contribution in [0, 0.1) is 6.92 Å². The third-order valence-corrected chi connectivity index (χ3v) is 4.84. The number of piperazine rings is 1. The van der Waals surface area contributed by atoms with Gasteiger partial charge in [0, 0.05) is 50.3 Å². The molecule has 4 rings (SSSR count). The Bertz CT molecular complexity index is 973. The molecule has 1 atom stereocenters. The monoisotopic (exact) mass is 413 g/mol. The van der Waals surface area contributed by atoms with Gasteiger partial charge in [0.05, 0.1) is 5.69 Å². The van der Waals surface area contributed by atoms with Gasteiger partial charge in [-0.15, -0.1) is 17.5 Å². The molecule has 1 saturated heterocycles. The first-order valence-corrected chi connectivity index (χ1v) is 9.28. The Morgan fingerprint density at radius 2 is 2.10 bits per heavy atom. The van der Waals surface area contributed by atoms with E-state index in [0.717, 1.165) is 23.8 Å². The summed E-state index contributed by atoms with van der Waals surface area (Å²) in [6.45, 7) is 3.98. The molecule has 1 unspecified atom stereocenters. The van der Waals surface area contributed by atoms with Crippen LogP contribution in [0.4, 0.5) is 11.5 Å². The molecule has 2 aromatic heterocycles. The van der Waals surface area contributed by atoms with Gasteiger partial charge in [-0.1, -0.05) is 6.07 Å². The zero-order chi connectivity index (χ0) is 19.5. The summed E-state index contributed by atoms with van der Waals surface area (Å²) in [5.74, 6) is 1.51. The van der Waals surface area contributed by atoms with Crippen molar-refractivity contribution in [2.45, 2.75) is 13.0 Å². The van der Waals surface area contributed by atoms with E-state index in [2.05, 4.69) is 25.8 Å². The number of imidazole rings is 1. The summed E-state index contributed by atoms with van der Waals surface area (Å²) >= 11 is 0. The van der Waals surface area contributed by atoms with Crippen molar-refractivity contribution in [2.24, 2.45) is 7.05 Å². The van der Waals surface area contributed by atoms with Crippen LogP contribution in [0.15, 0.2) is 48.8 Å². The van der Waals surface area contributed by atoms with Gasteiger partial charge in [0.2, 0.25) is 0 Å². The van der Waals surface area contributed by atoms with Crippen LogP contribution in [0.5, 0.6) is 0 Å². The van der Waals surface area contributed by atoms with Crippen molar-refractivity contribution in [1.29, 1.82) is 0 Å². The first-order valence-electron chi connectivity index (χ1n) is 9.28. The summed E-state index contributed by atoms with van der Waals surface area (Å²) in [7, 11) is 1.95. The Morgan fingerprint density at radius 3 is 2.83 bits per heavy atom. The Kier molecular flexibility index (Phi) is 6.46. The lowest BCUT2D eigenvalue weighted by Crippen LogP contribution is -2.49. The third kappa shape index (κ3) is 4.55. The molecule has 1 aromatic carbocycles. The van der Waals surface area contributed by atoms with E-state index in [-0.39, 0.29) is 24.4 Å². The van der Waals surface area contributed by atoms with E-state index in [4.69, 9.17) is 0 Å². The minimum atomic E-state index is -0.0965. The standard InChI is InChI=1S/C20H23N7O.ClH/c1-14-6-7-18(25-24-14)23-16-5-3-4-15(12-16)20(28)27-11-8-21-13-17(27)19-22-9-10-26(19)2;/h3-7,9-10,12,17,21H,8,11,13H2,1-2H3,(H,23,25);1H. The molecule has 29 heavy (non-hydrogen) atoms. The topological polar surface area (TPSA) is 88.0 Å². The SMILES string of the molecule is Cc1ccc(Nc2cccc(C(=O)N3CCNCC3c3nccn3C)c2)nn1.Cl. The fourth-order valence-electron chi connectivity index (χ4n) is 3.39. The van der Waals surface area contributed by atoms with Crippen LogP contribution < -0.4 is 10.6 Å². The lowest BCUT2D eigenvalue weighted by molar-refractivity contribution is 0.0621. The summed E-state index contributed by atoms with van der Waals surface area (Å²) in [6.07, 6.45) is 3.67. The first kappa shape index (κ1) is 20.8. The van der Waals surface area contributed by atoms with E-state index in [9.17, 15) is 4.79 Å². The Labute approximate surface area is 175 Å². The number of nitrogens with zero attached hydrogens (tertiary/aromatic N) is 5. The molecule has 8 nitrogen and oxygen atoms in total. The molecule has 0 bridgehead atoms. The minimum Gasteiger partial charge on any atom is -0.339 e. The number of amides is 1. The van der Waals surface area contributed by atoms with Crippen LogP contribution in [0.2, 0.25) is 0 Å². The second-order valence-corrected chi connectivity index (χ2v) is 6.88. The molecule has 1 amide bonds. The summed E-state index contributed by atoms with van der Waals surface area (Å²) < 4.78 is 1.96. The highest BCUT2D eigenvalue weighted by Crippen LogP contribution is 2.24. The molecule has 0 radical (unpaired) electrons. The fraction of sp³-hybridized carbons (Fsp3) is 0.300. The van der Waals surface area contributed by atoms with Crippen LogP contribution in [-0.4, -0.2) is 50.2 Å². The van der Waals surface area contributed by atoms with E-state index in [0.29, 0.717) is 24.5 Å². The van der Waals surface area contributed by atoms with E-state index >= 15 is 0 Å². The second-order valence-electron chi connectivity index (χ2n) is 6.88. The average molecular weight is 414 g/mol. The van der Waals surface area contributed by atoms with Crippen molar-refractivity contribution in [2.75, 3.05) is 25.0 Å². The van der Waals surface area contributed by atoms with E-state index < -0.39 is 0 Å². The van der Waals surface area contributed by atoms with Gasteiger partial charge < -0.3 is 20.1 Å². The molecule has 3 heterocycles. The summed E-state index contributed by atoms with van der Waals surface area (Å²) in [5.41, 5.74) is 2.28. The van der Waals surface area contributed by atoms with Gasteiger partial charge in [0.1, 0.15) is 11.9 Å². The van der Waals surface area contributed by atoms with Gasteiger partial charge >= 0.3 is 0 Å². The maximum Gasteiger partial charge on any atom is 0.254 e. The molecule has 1 aliphatic heterocycles. The average Bonchev–Trinajstić information content (AvgIpc) is 3.15. The van der Waals surface area contributed by atoms with Crippen molar-refractivity contribution in [1.82, 2.24) is 30.0 Å². The van der Waals surface area contributed by atoms with Crippen LogP contribution >= 0.6 is 12.4 Å². The predicted octanol–water partition coefficient (Wildman–Crippen LogP) is 2.47. The minimum absolute atomic E-state index is 0. The molecule has 152 valence electrons. The van der Waals surface area contributed by atoms with E-state index in [1.165, 1.54) is 0 Å². The number of rotatable bonds is 4. The van der Waals surface area contributed by atoms with Gasteiger partial charge in [-0.05, 0) is 37.3 Å². The van der Waals surface area contributed by atoms with Gasteiger partial charge in [0.25, 0.3) is 5.91 Å². The lowest BCUT2D eigenvalue weighted by Gasteiger charge is -2.35. The molecule has 2 N–H and O–H groups in total. The summed E-state index contributed by atoms with van der Waals surface area (Å²) in [4.78, 5) is 19.6. The molecular formula is C20H24ClN7O.